The van der Waals surface area contributed by atoms with E-state index < -0.39 is 0 Å². The molecule has 2 aromatic carbocycles. The van der Waals surface area contributed by atoms with Gasteiger partial charge in [-0.15, -0.1) is 0 Å². The van der Waals surface area contributed by atoms with E-state index in [0.29, 0.717) is 18.1 Å². The predicted octanol–water partition coefficient (Wildman–Crippen LogP) is 5.58. The van der Waals surface area contributed by atoms with Crippen LogP contribution < -0.4 is 14.8 Å². The Labute approximate surface area is 198 Å². The van der Waals surface area contributed by atoms with Crippen LogP contribution in [0, 0.1) is 12.8 Å². The zero-order valence-corrected chi connectivity index (χ0v) is 20.6. The highest BCUT2D eigenvalue weighted by molar-refractivity contribution is 9.10. The van der Waals surface area contributed by atoms with Gasteiger partial charge in [-0.25, -0.2) is 0 Å². The van der Waals surface area contributed by atoms with Crippen molar-refractivity contribution in [2.75, 3.05) is 31.6 Å². The fraction of sp³-hybridized carbons (Fsp3) is 0.417. The maximum Gasteiger partial charge on any atom is 0.262 e. The third-order valence-corrected chi connectivity index (χ3v) is 6.37. The maximum absolute atomic E-state index is 12.4. The Morgan fingerprint density at radius 2 is 1.90 bits per heavy atom. The summed E-state index contributed by atoms with van der Waals surface area (Å²) in [5, 5.41) is 2.88. The summed E-state index contributed by atoms with van der Waals surface area (Å²) >= 11 is 9.16. The molecule has 0 aliphatic carbocycles. The van der Waals surface area contributed by atoms with E-state index in [-0.39, 0.29) is 12.5 Å². The summed E-state index contributed by atoms with van der Waals surface area (Å²) < 4.78 is 12.5. The number of ether oxygens (including phenoxy) is 2. The lowest BCUT2D eigenvalue weighted by Crippen LogP contribution is -2.37. The smallest absolute Gasteiger partial charge is 0.262 e. The molecule has 1 aliphatic heterocycles. The molecule has 0 radical (unpaired) electrons. The molecule has 0 aromatic heterocycles. The molecule has 3 rings (SSSR count). The van der Waals surface area contributed by atoms with Gasteiger partial charge in [-0.3, -0.25) is 4.79 Å². The molecule has 31 heavy (non-hydrogen) atoms. The van der Waals surface area contributed by atoms with Crippen molar-refractivity contribution < 1.29 is 14.3 Å². The Kier molecular flexibility index (Phi) is 8.32. The number of thiocarbonyl (C=S) groups is 1. The van der Waals surface area contributed by atoms with Crippen LogP contribution in [0.4, 0.5) is 5.69 Å². The van der Waals surface area contributed by atoms with Crippen molar-refractivity contribution in [2.45, 2.75) is 33.6 Å². The molecule has 166 valence electrons. The van der Waals surface area contributed by atoms with Crippen LogP contribution >= 0.6 is 28.1 Å². The van der Waals surface area contributed by atoms with Crippen molar-refractivity contribution in [3.05, 3.63) is 52.0 Å². The van der Waals surface area contributed by atoms with E-state index in [4.69, 9.17) is 21.7 Å². The number of anilines is 1. The van der Waals surface area contributed by atoms with Crippen LogP contribution in [0.1, 0.15) is 37.8 Å². The topological polar surface area (TPSA) is 50.8 Å². The van der Waals surface area contributed by atoms with Crippen molar-refractivity contribution in [1.29, 1.82) is 0 Å². The first-order valence-electron chi connectivity index (χ1n) is 10.6. The minimum Gasteiger partial charge on any atom is -0.490 e. The number of rotatable bonds is 7. The maximum atomic E-state index is 12.4. The highest BCUT2D eigenvalue weighted by Crippen LogP contribution is 2.30. The first-order chi connectivity index (χ1) is 14.9. The Morgan fingerprint density at radius 1 is 1.16 bits per heavy atom. The Bertz CT molecular complexity index is 942. The minimum absolute atomic E-state index is 0.108. The van der Waals surface area contributed by atoms with Crippen LogP contribution in [0.2, 0.25) is 0 Å². The minimum atomic E-state index is -0.227. The second-order valence-corrected chi connectivity index (χ2v) is 9.17. The molecular formula is C24H29BrN2O3S. The number of aryl methyl sites for hydroxylation is 1. The summed E-state index contributed by atoms with van der Waals surface area (Å²) in [7, 11) is 0. The fourth-order valence-corrected chi connectivity index (χ4v) is 4.30. The molecule has 5 nitrogen and oxygen atoms in total. The van der Waals surface area contributed by atoms with Crippen molar-refractivity contribution >= 4 is 44.7 Å². The Balaban J connectivity index is 1.65. The van der Waals surface area contributed by atoms with Gasteiger partial charge in [0, 0.05) is 28.8 Å². The molecule has 0 saturated carbocycles. The Hall–Kier alpha value is -2.12. The van der Waals surface area contributed by atoms with Gasteiger partial charge >= 0.3 is 0 Å². The molecule has 1 heterocycles. The second-order valence-electron chi connectivity index (χ2n) is 7.87. The molecule has 7 heteroatoms. The molecule has 1 amide bonds. The van der Waals surface area contributed by atoms with E-state index in [0.717, 1.165) is 58.1 Å². The quantitative estimate of drug-likeness (QED) is 0.498. The number of nitrogens with zero attached hydrogens (tertiary/aromatic N) is 1. The van der Waals surface area contributed by atoms with Crippen molar-refractivity contribution in [3.63, 3.8) is 0 Å². The highest BCUT2D eigenvalue weighted by Gasteiger charge is 2.20. The van der Waals surface area contributed by atoms with Crippen LogP contribution in [0.15, 0.2) is 40.9 Å². The van der Waals surface area contributed by atoms with E-state index in [1.54, 1.807) is 0 Å². The summed E-state index contributed by atoms with van der Waals surface area (Å²) in [5.41, 5.74) is 2.68. The fourth-order valence-electron chi connectivity index (χ4n) is 3.52. The monoisotopic (exact) mass is 504 g/mol. The van der Waals surface area contributed by atoms with E-state index in [1.807, 2.05) is 50.2 Å². The predicted molar refractivity (Wildman–Crippen MR) is 132 cm³/mol. The molecular weight excluding hydrogens is 476 g/mol. The van der Waals surface area contributed by atoms with Crippen LogP contribution in [0.3, 0.4) is 0 Å². The molecule has 1 saturated heterocycles. The zero-order chi connectivity index (χ0) is 22.4. The number of likely N-dealkylation sites (tertiary alicyclic amines) is 1. The van der Waals surface area contributed by atoms with Gasteiger partial charge in [0.05, 0.1) is 6.61 Å². The summed E-state index contributed by atoms with van der Waals surface area (Å²) in [6.45, 7) is 8.51. The zero-order valence-electron chi connectivity index (χ0n) is 18.2. The van der Waals surface area contributed by atoms with Gasteiger partial charge in [-0.05, 0) is 74.6 Å². The van der Waals surface area contributed by atoms with Gasteiger partial charge in [0.25, 0.3) is 5.91 Å². The molecule has 0 spiro atoms. The SMILES string of the molecule is CCOc1cc(C(=S)N2CCC(C)CC2)ccc1OCC(=O)Nc1ccc(Br)cc1C. The van der Waals surface area contributed by atoms with E-state index in [1.165, 1.54) is 0 Å². The second kappa shape index (κ2) is 11.0. The van der Waals surface area contributed by atoms with Crippen LogP contribution in [-0.2, 0) is 4.79 Å². The molecule has 1 aliphatic rings. The number of nitrogens with one attached hydrogen (secondary N) is 1. The van der Waals surface area contributed by atoms with Crippen molar-refractivity contribution in [1.82, 2.24) is 4.90 Å². The van der Waals surface area contributed by atoms with Crippen molar-refractivity contribution in [3.8, 4) is 11.5 Å². The summed E-state index contributed by atoms with van der Waals surface area (Å²) in [5.74, 6) is 1.65. The number of amides is 1. The van der Waals surface area contributed by atoms with E-state index >= 15 is 0 Å². The first kappa shape index (κ1) is 23.5. The third kappa shape index (κ3) is 6.43. The van der Waals surface area contributed by atoms with Crippen molar-refractivity contribution in [2.24, 2.45) is 5.92 Å². The number of carbonyl (C=O) groups excluding carboxylic acids is 1. The average molecular weight is 505 g/mol. The van der Waals surface area contributed by atoms with Crippen LogP contribution in [-0.4, -0.2) is 42.1 Å². The average Bonchev–Trinajstić information content (AvgIpc) is 2.75. The van der Waals surface area contributed by atoms with E-state index in [9.17, 15) is 4.79 Å². The molecule has 0 bridgehead atoms. The number of piperidine rings is 1. The molecule has 1 N–H and O–H groups in total. The van der Waals surface area contributed by atoms with E-state index in [2.05, 4.69) is 33.1 Å². The largest absolute Gasteiger partial charge is 0.490 e. The molecule has 0 unspecified atom stereocenters. The molecule has 1 fully saturated rings. The van der Waals surface area contributed by atoms with Gasteiger partial charge in [0.1, 0.15) is 4.99 Å². The number of carbonyl (C=O) groups is 1. The van der Waals surface area contributed by atoms with Gasteiger partial charge in [-0.1, -0.05) is 35.1 Å². The lowest BCUT2D eigenvalue weighted by atomic mass is 9.99. The third-order valence-electron chi connectivity index (χ3n) is 5.38. The summed E-state index contributed by atoms with van der Waals surface area (Å²) in [4.78, 5) is 15.5. The summed E-state index contributed by atoms with van der Waals surface area (Å²) in [6.07, 6.45) is 2.32. The van der Waals surface area contributed by atoms with Gasteiger partial charge in [0.15, 0.2) is 18.1 Å². The standard InChI is InChI=1S/C24H29BrN2O3S/c1-4-29-22-14-18(24(31)27-11-9-16(2)10-12-27)5-8-21(22)30-15-23(28)26-20-7-6-19(25)13-17(20)3/h5-8,13-14,16H,4,9-12,15H2,1-3H3,(H,26,28). The van der Waals surface area contributed by atoms with Gasteiger partial charge in [0.2, 0.25) is 0 Å². The number of hydrogen-bond donors (Lipinski definition) is 1. The molecule has 0 atom stereocenters. The molecule has 2 aromatic rings. The number of benzene rings is 2. The van der Waals surface area contributed by atoms with Gasteiger partial charge < -0.3 is 19.7 Å². The number of hydrogen-bond acceptors (Lipinski definition) is 4. The number of halogens is 1. The lowest BCUT2D eigenvalue weighted by molar-refractivity contribution is -0.118. The normalized spacial score (nSPS) is 14.3. The van der Waals surface area contributed by atoms with Crippen LogP contribution in [0.25, 0.3) is 0 Å². The Morgan fingerprint density at radius 3 is 2.58 bits per heavy atom. The summed E-state index contributed by atoms with van der Waals surface area (Å²) in [6, 6.07) is 11.4. The first-order valence-corrected chi connectivity index (χ1v) is 11.8. The lowest BCUT2D eigenvalue weighted by Gasteiger charge is -2.32. The highest BCUT2D eigenvalue weighted by atomic mass is 79.9. The van der Waals surface area contributed by atoms with Crippen LogP contribution in [0.5, 0.6) is 11.5 Å². The van der Waals surface area contributed by atoms with Gasteiger partial charge in [-0.2, -0.15) is 0 Å².